The molecule has 2 aliphatic rings. The van der Waals surface area contributed by atoms with E-state index in [4.69, 9.17) is 9.93 Å². The van der Waals surface area contributed by atoms with Gasteiger partial charge in [0.1, 0.15) is 11.5 Å². The summed E-state index contributed by atoms with van der Waals surface area (Å²) in [7, 11) is 0. The molecule has 116 valence electrons. The maximum atomic E-state index is 12.0. The molecule has 2 N–H and O–H groups in total. The second-order valence-electron chi connectivity index (χ2n) is 5.78. The van der Waals surface area contributed by atoms with Crippen LogP contribution in [0.4, 0.5) is 0 Å². The minimum Gasteiger partial charge on any atom is -0.511 e. The van der Waals surface area contributed by atoms with Gasteiger partial charge in [-0.2, -0.15) is 0 Å². The summed E-state index contributed by atoms with van der Waals surface area (Å²) in [4.78, 5) is 23.8. The summed E-state index contributed by atoms with van der Waals surface area (Å²) in [6.07, 6.45) is 4.07. The zero-order chi connectivity index (χ0) is 15.7. The Morgan fingerprint density at radius 2 is 1.86 bits per heavy atom. The van der Waals surface area contributed by atoms with Crippen LogP contribution in [0.3, 0.4) is 0 Å². The summed E-state index contributed by atoms with van der Waals surface area (Å²) in [5, 5.41) is 21.9. The third kappa shape index (κ3) is 2.61. The highest BCUT2D eigenvalue weighted by Gasteiger charge is 2.27. The van der Waals surface area contributed by atoms with Gasteiger partial charge in [-0.3, -0.25) is 9.59 Å². The number of nitrogens with one attached hydrogen (secondary N) is 1. The van der Waals surface area contributed by atoms with Crippen molar-refractivity contribution in [3.05, 3.63) is 28.3 Å². The van der Waals surface area contributed by atoms with Crippen molar-refractivity contribution >= 4 is 17.3 Å². The Bertz CT molecular complexity index is 666. The molecule has 6 nitrogen and oxygen atoms in total. The first-order valence-electron chi connectivity index (χ1n) is 7.61. The van der Waals surface area contributed by atoms with Gasteiger partial charge < -0.3 is 15.0 Å². The number of aliphatic hydroxyl groups is 1. The monoisotopic (exact) mass is 302 g/mol. The van der Waals surface area contributed by atoms with Crippen molar-refractivity contribution in [2.45, 2.75) is 51.4 Å². The van der Waals surface area contributed by atoms with E-state index in [0.29, 0.717) is 55.5 Å². The summed E-state index contributed by atoms with van der Waals surface area (Å²) in [5.41, 5.74) is 1.44. The van der Waals surface area contributed by atoms with Crippen LogP contribution in [0, 0.1) is 5.41 Å². The fourth-order valence-electron chi connectivity index (χ4n) is 3.10. The average molecular weight is 302 g/mol. The van der Waals surface area contributed by atoms with Gasteiger partial charge in [0, 0.05) is 37.8 Å². The van der Waals surface area contributed by atoms with E-state index in [1.165, 1.54) is 0 Å². The number of aliphatic hydroxyl groups excluding tert-OH is 1. The number of ketones is 2. The molecule has 0 atom stereocenters. The van der Waals surface area contributed by atoms with Gasteiger partial charge >= 0.3 is 0 Å². The van der Waals surface area contributed by atoms with E-state index in [9.17, 15) is 14.7 Å². The zero-order valence-electron chi connectivity index (χ0n) is 12.3. The summed E-state index contributed by atoms with van der Waals surface area (Å²) in [6.45, 7) is 0. The molecule has 3 rings (SSSR count). The van der Waals surface area contributed by atoms with Gasteiger partial charge in [0.2, 0.25) is 0 Å². The molecule has 1 aromatic rings. The number of carbonyl (C=O) groups is 2. The standard InChI is InChI=1S/C16H18N2O4/c17-9-3-1-4-11(19)15(9)13(21)8-7-10-16-12(20)5-2-6-14(16)22-18-10/h17,21H,1-8H2. The molecule has 0 aromatic carbocycles. The van der Waals surface area contributed by atoms with E-state index in [1.54, 1.807) is 0 Å². The molecule has 1 aromatic heterocycles. The predicted molar refractivity (Wildman–Crippen MR) is 78.3 cm³/mol. The highest BCUT2D eigenvalue weighted by Crippen LogP contribution is 2.27. The van der Waals surface area contributed by atoms with E-state index < -0.39 is 0 Å². The fraction of sp³-hybridized carbons (Fsp3) is 0.500. The van der Waals surface area contributed by atoms with Crippen LogP contribution < -0.4 is 0 Å². The highest BCUT2D eigenvalue weighted by atomic mass is 16.5. The SMILES string of the molecule is N=C1CCCC(=O)C1=C(O)CCc1noc2c1C(=O)CCC2. The van der Waals surface area contributed by atoms with Crippen LogP contribution >= 0.6 is 0 Å². The smallest absolute Gasteiger partial charge is 0.168 e. The van der Waals surface area contributed by atoms with Crippen LogP contribution in [0.5, 0.6) is 0 Å². The number of rotatable bonds is 3. The fourth-order valence-corrected chi connectivity index (χ4v) is 3.10. The first-order chi connectivity index (χ1) is 10.6. The average Bonchev–Trinajstić information content (AvgIpc) is 2.89. The van der Waals surface area contributed by atoms with Gasteiger partial charge in [0.05, 0.1) is 16.8 Å². The third-order valence-electron chi connectivity index (χ3n) is 4.22. The highest BCUT2D eigenvalue weighted by molar-refractivity contribution is 6.23. The topological polar surface area (TPSA) is 104 Å². The summed E-state index contributed by atoms with van der Waals surface area (Å²) < 4.78 is 5.20. The Kier molecular flexibility index (Phi) is 3.92. The summed E-state index contributed by atoms with van der Waals surface area (Å²) in [6, 6.07) is 0. The van der Waals surface area contributed by atoms with Gasteiger partial charge in [0.25, 0.3) is 0 Å². The molecule has 2 aliphatic carbocycles. The van der Waals surface area contributed by atoms with E-state index >= 15 is 0 Å². The second-order valence-corrected chi connectivity index (χ2v) is 5.78. The molecule has 1 fully saturated rings. The molecule has 0 bridgehead atoms. The lowest BCUT2D eigenvalue weighted by atomic mass is 9.89. The Morgan fingerprint density at radius 1 is 1.14 bits per heavy atom. The molecule has 0 amide bonds. The van der Waals surface area contributed by atoms with E-state index in [1.807, 2.05) is 0 Å². The van der Waals surface area contributed by atoms with Crippen LogP contribution in [0.2, 0.25) is 0 Å². The molecule has 6 heteroatoms. The largest absolute Gasteiger partial charge is 0.511 e. The molecule has 22 heavy (non-hydrogen) atoms. The molecular weight excluding hydrogens is 284 g/mol. The number of aryl methyl sites for hydroxylation is 2. The van der Waals surface area contributed by atoms with Crippen LogP contribution in [0.1, 0.15) is 60.3 Å². The van der Waals surface area contributed by atoms with Gasteiger partial charge in [-0.15, -0.1) is 0 Å². The summed E-state index contributed by atoms with van der Waals surface area (Å²) >= 11 is 0. The normalized spacial score (nSPS) is 21.0. The quantitative estimate of drug-likeness (QED) is 0.660. The number of carbonyl (C=O) groups excluding carboxylic acids is 2. The lowest BCUT2D eigenvalue weighted by Gasteiger charge is -2.16. The maximum absolute atomic E-state index is 12.0. The van der Waals surface area contributed by atoms with Crippen molar-refractivity contribution in [1.82, 2.24) is 5.16 Å². The predicted octanol–water partition coefficient (Wildman–Crippen LogP) is 2.71. The van der Waals surface area contributed by atoms with Crippen molar-refractivity contribution in [2.75, 3.05) is 0 Å². The molecule has 0 aliphatic heterocycles. The second kappa shape index (κ2) is 5.87. The Labute approximate surface area is 127 Å². The number of hydrogen-bond acceptors (Lipinski definition) is 6. The van der Waals surface area contributed by atoms with Gasteiger partial charge in [-0.1, -0.05) is 5.16 Å². The molecule has 1 saturated carbocycles. The van der Waals surface area contributed by atoms with Crippen LogP contribution in [-0.4, -0.2) is 27.5 Å². The van der Waals surface area contributed by atoms with Crippen molar-refractivity contribution in [2.24, 2.45) is 0 Å². The molecule has 0 unspecified atom stereocenters. The van der Waals surface area contributed by atoms with Crippen molar-refractivity contribution in [3.8, 4) is 0 Å². The van der Waals surface area contributed by atoms with Crippen LogP contribution in [0.25, 0.3) is 0 Å². The maximum Gasteiger partial charge on any atom is 0.168 e. The minimum absolute atomic E-state index is 0.0335. The Morgan fingerprint density at radius 3 is 2.64 bits per heavy atom. The molecule has 0 radical (unpaired) electrons. The number of allylic oxidation sites excluding steroid dienone is 2. The summed E-state index contributed by atoms with van der Waals surface area (Å²) in [5.74, 6) is 0.410. The number of Topliss-reactive ketones (excluding diaryl/α,β-unsaturated/α-hetero) is 2. The first kappa shape index (κ1) is 14.7. The number of aromatic nitrogens is 1. The van der Waals surface area contributed by atoms with Gasteiger partial charge in [0.15, 0.2) is 11.6 Å². The van der Waals surface area contributed by atoms with Crippen molar-refractivity contribution in [1.29, 1.82) is 5.41 Å². The molecule has 1 heterocycles. The third-order valence-corrected chi connectivity index (χ3v) is 4.22. The lowest BCUT2D eigenvalue weighted by Crippen LogP contribution is -2.20. The Hall–Kier alpha value is -2.24. The zero-order valence-corrected chi connectivity index (χ0v) is 12.3. The molecular formula is C16H18N2O4. The number of nitrogens with zero attached hydrogens (tertiary/aromatic N) is 1. The van der Waals surface area contributed by atoms with E-state index in [2.05, 4.69) is 5.16 Å². The molecule has 0 saturated heterocycles. The van der Waals surface area contributed by atoms with Crippen molar-refractivity contribution in [3.63, 3.8) is 0 Å². The number of hydrogen-bond donors (Lipinski definition) is 2. The van der Waals surface area contributed by atoms with Crippen LogP contribution in [-0.2, 0) is 17.6 Å². The van der Waals surface area contributed by atoms with E-state index in [-0.39, 0.29) is 35.0 Å². The lowest BCUT2D eigenvalue weighted by molar-refractivity contribution is -0.115. The van der Waals surface area contributed by atoms with Crippen molar-refractivity contribution < 1.29 is 19.2 Å². The molecule has 0 spiro atoms. The van der Waals surface area contributed by atoms with Crippen LogP contribution in [0.15, 0.2) is 15.9 Å². The minimum atomic E-state index is -0.174. The van der Waals surface area contributed by atoms with Gasteiger partial charge in [-0.25, -0.2) is 0 Å². The first-order valence-corrected chi connectivity index (χ1v) is 7.61. The van der Waals surface area contributed by atoms with E-state index in [0.717, 1.165) is 6.42 Å². The number of fused-ring (bicyclic) bond motifs is 1. The Balaban J connectivity index is 1.78. The van der Waals surface area contributed by atoms with Gasteiger partial charge in [-0.05, 0) is 19.3 Å².